The maximum Gasteiger partial charge on any atom is 0.152 e. The fraction of sp³-hybridized carbons (Fsp3) is 1.00. The van der Waals surface area contributed by atoms with E-state index in [1.54, 1.807) is 7.85 Å². The molecule has 1 aliphatic rings. The van der Waals surface area contributed by atoms with E-state index in [-0.39, 0.29) is 0 Å². The first-order chi connectivity index (χ1) is 4.99. The Bertz CT molecular complexity index is 136. The molecule has 1 fully saturated rings. The van der Waals surface area contributed by atoms with Crippen LogP contribution in [0.15, 0.2) is 0 Å². The number of halogens is 1. The molecule has 1 heterocycles. The monoisotopic (exact) mass is 157 g/mol. The van der Waals surface area contributed by atoms with E-state index in [1.165, 1.54) is 0 Å². The summed E-state index contributed by atoms with van der Waals surface area (Å²) in [6, 6.07) is 0. The molecule has 0 radical (unpaired) electrons. The molecule has 1 atom stereocenters. The predicted octanol–water partition coefficient (Wildman–Crippen LogP) is 0.647. The lowest BCUT2D eigenvalue weighted by atomic mass is 9.83. The summed E-state index contributed by atoms with van der Waals surface area (Å²) in [5, 5.41) is 0. The van der Waals surface area contributed by atoms with Crippen LogP contribution < -0.4 is 0 Å². The second-order valence-corrected chi connectivity index (χ2v) is 4.29. The van der Waals surface area contributed by atoms with Crippen LogP contribution in [0.2, 0.25) is 0 Å². The van der Waals surface area contributed by atoms with Crippen molar-refractivity contribution in [1.82, 2.24) is 4.90 Å². The van der Waals surface area contributed by atoms with Gasteiger partial charge in [0, 0.05) is 19.6 Å². The molecule has 0 spiro atoms. The van der Waals surface area contributed by atoms with Crippen LogP contribution >= 0.6 is 0 Å². The van der Waals surface area contributed by atoms with Gasteiger partial charge < -0.3 is 4.90 Å². The minimum atomic E-state index is -0.922. The lowest BCUT2D eigenvalue weighted by Crippen LogP contribution is -2.31. The average molecular weight is 157 g/mol. The predicted molar refractivity (Wildman–Crippen MR) is 48.3 cm³/mol. The van der Waals surface area contributed by atoms with E-state index < -0.39 is 5.57 Å². The average Bonchev–Trinajstić information content (AvgIpc) is 2.08. The van der Waals surface area contributed by atoms with E-state index in [0.717, 1.165) is 13.1 Å². The number of likely N-dealkylation sites (tertiary alicyclic amines) is 1. The van der Waals surface area contributed by atoms with Gasteiger partial charge in [-0.2, -0.15) is 0 Å². The smallest absolute Gasteiger partial charge is 0.152 e. The fourth-order valence-electron chi connectivity index (χ4n) is 1.69. The highest BCUT2D eigenvalue weighted by Gasteiger charge is 2.32. The Balaban J connectivity index is 2.31. The lowest BCUT2D eigenvalue weighted by Gasteiger charge is -2.18. The van der Waals surface area contributed by atoms with Crippen LogP contribution in [-0.2, 0) is 0 Å². The molecule has 0 N–H and O–H groups in total. The Hall–Kier alpha value is -0.0451. The molecule has 1 aliphatic heterocycles. The highest BCUT2D eigenvalue weighted by Crippen LogP contribution is 2.22. The molecule has 0 aliphatic carbocycles. The molecule has 0 aromatic heterocycles. The molecule has 0 amide bonds. The van der Waals surface area contributed by atoms with Crippen LogP contribution in [0.25, 0.3) is 0 Å². The van der Waals surface area contributed by atoms with E-state index in [9.17, 15) is 4.39 Å². The largest absolute Gasteiger partial charge is 0.301 e. The Morgan fingerprint density at radius 3 is 2.64 bits per heavy atom. The molecule has 1 saturated heterocycles. The van der Waals surface area contributed by atoms with Crippen molar-refractivity contribution in [1.29, 1.82) is 0 Å². The number of hydrogen-bond acceptors (Lipinski definition) is 1. The van der Waals surface area contributed by atoms with E-state index >= 15 is 0 Å². The normalized spacial score (nSPS) is 33.5. The van der Waals surface area contributed by atoms with E-state index in [2.05, 4.69) is 18.7 Å². The van der Waals surface area contributed by atoms with Gasteiger partial charge in [-0.05, 0) is 12.3 Å². The van der Waals surface area contributed by atoms with Gasteiger partial charge in [-0.1, -0.05) is 13.8 Å². The lowest BCUT2D eigenvalue weighted by molar-refractivity contribution is 0.240. The summed E-state index contributed by atoms with van der Waals surface area (Å²) in [5.74, 6) is 0.656. The van der Waals surface area contributed by atoms with Crippen molar-refractivity contribution in [3.63, 3.8) is 0 Å². The maximum atomic E-state index is 13.3. The van der Waals surface area contributed by atoms with Crippen molar-refractivity contribution < 1.29 is 4.39 Å². The van der Waals surface area contributed by atoms with Gasteiger partial charge in [0.2, 0.25) is 0 Å². The summed E-state index contributed by atoms with van der Waals surface area (Å²) in [5.41, 5.74) is -0.922. The van der Waals surface area contributed by atoms with Gasteiger partial charge in [-0.15, -0.1) is 0 Å². The maximum absolute atomic E-state index is 13.3. The highest BCUT2D eigenvalue weighted by atomic mass is 19.1. The van der Waals surface area contributed by atoms with Crippen LogP contribution in [0, 0.1) is 5.92 Å². The number of rotatable bonds is 2. The van der Waals surface area contributed by atoms with E-state index in [4.69, 9.17) is 0 Å². The number of nitrogens with zero attached hydrogens (tertiary/aromatic N) is 1. The minimum Gasteiger partial charge on any atom is -0.301 e. The highest BCUT2D eigenvalue weighted by molar-refractivity contribution is 6.14. The summed E-state index contributed by atoms with van der Waals surface area (Å²) in [7, 11) is 1.70. The Kier molecular flexibility index (Phi) is 2.58. The molecule has 0 aromatic rings. The summed E-state index contributed by atoms with van der Waals surface area (Å²) in [4.78, 5) is 2.21. The first-order valence-electron chi connectivity index (χ1n) is 4.41. The first kappa shape index (κ1) is 9.05. The zero-order chi connectivity index (χ0) is 8.48. The molecule has 1 rings (SSSR count). The Morgan fingerprint density at radius 2 is 2.27 bits per heavy atom. The van der Waals surface area contributed by atoms with Gasteiger partial charge in [-0.3, -0.25) is 4.39 Å². The summed E-state index contributed by atoms with van der Waals surface area (Å²) >= 11 is 0. The third-order valence-corrected chi connectivity index (χ3v) is 2.13. The Labute approximate surface area is 69.4 Å². The molecule has 0 saturated carbocycles. The van der Waals surface area contributed by atoms with Crippen LogP contribution in [-0.4, -0.2) is 37.9 Å². The van der Waals surface area contributed by atoms with Gasteiger partial charge in [0.25, 0.3) is 0 Å². The molecule has 11 heavy (non-hydrogen) atoms. The molecule has 1 unspecified atom stereocenters. The third-order valence-electron chi connectivity index (χ3n) is 2.13. The molecular weight excluding hydrogens is 140 g/mol. The van der Waals surface area contributed by atoms with Crippen LogP contribution in [0.4, 0.5) is 4.39 Å². The number of alkyl halides is 1. The van der Waals surface area contributed by atoms with Crippen molar-refractivity contribution in [3.05, 3.63) is 0 Å². The van der Waals surface area contributed by atoms with Crippen molar-refractivity contribution >= 4 is 7.85 Å². The molecule has 64 valence electrons. The molecule has 0 bridgehead atoms. The second-order valence-electron chi connectivity index (χ2n) is 4.29. The first-order valence-corrected chi connectivity index (χ1v) is 4.41. The van der Waals surface area contributed by atoms with Gasteiger partial charge in [-0.25, -0.2) is 0 Å². The van der Waals surface area contributed by atoms with Crippen LogP contribution in [0.5, 0.6) is 0 Å². The van der Waals surface area contributed by atoms with Crippen molar-refractivity contribution in [2.24, 2.45) is 5.92 Å². The van der Waals surface area contributed by atoms with Crippen LogP contribution in [0.3, 0.4) is 0 Å². The number of hydrogen-bond donors (Lipinski definition) is 0. The zero-order valence-electron chi connectivity index (χ0n) is 7.73. The van der Waals surface area contributed by atoms with Crippen molar-refractivity contribution in [2.75, 3.05) is 19.6 Å². The SMILES string of the molecule is BC1(F)CCN(CC(C)C)C1. The van der Waals surface area contributed by atoms with Crippen molar-refractivity contribution in [3.8, 4) is 0 Å². The van der Waals surface area contributed by atoms with Gasteiger partial charge >= 0.3 is 0 Å². The van der Waals surface area contributed by atoms with E-state index in [0.29, 0.717) is 18.9 Å². The zero-order valence-corrected chi connectivity index (χ0v) is 7.73. The van der Waals surface area contributed by atoms with E-state index in [1.807, 2.05) is 0 Å². The third kappa shape index (κ3) is 2.82. The standard InChI is InChI=1S/C8H17BFN/c1-7(2)5-11-4-3-8(9,10)6-11/h7H,3-6,9H2,1-2H3. The molecule has 0 aromatic carbocycles. The molecular formula is C8H17BFN. The molecule has 1 nitrogen and oxygen atoms in total. The van der Waals surface area contributed by atoms with Gasteiger partial charge in [0.05, 0.1) is 5.57 Å². The summed E-state index contributed by atoms with van der Waals surface area (Å²) < 4.78 is 13.3. The molecule has 3 heteroatoms. The Morgan fingerprint density at radius 1 is 1.64 bits per heavy atom. The van der Waals surface area contributed by atoms with Gasteiger partial charge in [0.1, 0.15) is 0 Å². The topological polar surface area (TPSA) is 3.24 Å². The quantitative estimate of drug-likeness (QED) is 0.532. The van der Waals surface area contributed by atoms with Crippen molar-refractivity contribution in [2.45, 2.75) is 25.8 Å². The summed E-state index contributed by atoms with van der Waals surface area (Å²) in [6.07, 6.45) is 0.708. The summed E-state index contributed by atoms with van der Waals surface area (Å²) in [6.45, 7) is 6.96. The van der Waals surface area contributed by atoms with Crippen LogP contribution in [0.1, 0.15) is 20.3 Å². The fourth-order valence-corrected chi connectivity index (χ4v) is 1.69. The van der Waals surface area contributed by atoms with Gasteiger partial charge in [0.15, 0.2) is 7.85 Å². The minimum absolute atomic E-state index is 0.630. The second kappa shape index (κ2) is 3.14.